The number of nitriles is 1. The van der Waals surface area contributed by atoms with Crippen molar-refractivity contribution in [2.24, 2.45) is 0 Å². The Hall–Kier alpha value is -3.66. The lowest BCUT2D eigenvalue weighted by molar-refractivity contribution is 0.562. The van der Waals surface area contributed by atoms with Gasteiger partial charge in [-0.2, -0.15) is 14.9 Å². The summed E-state index contributed by atoms with van der Waals surface area (Å²) in [5.74, 6) is -0.861. The summed E-state index contributed by atoms with van der Waals surface area (Å²) in [4.78, 5) is 8.86. The van der Waals surface area contributed by atoms with Crippen LogP contribution in [0.2, 0.25) is 0 Å². The summed E-state index contributed by atoms with van der Waals surface area (Å²) in [6.45, 7) is 6.10. The van der Waals surface area contributed by atoms with Crippen molar-refractivity contribution in [3.63, 3.8) is 0 Å². The summed E-state index contributed by atoms with van der Waals surface area (Å²) in [5, 5.41) is 13.7. The summed E-state index contributed by atoms with van der Waals surface area (Å²) in [6.07, 6.45) is 3.26. The van der Waals surface area contributed by atoms with Crippen molar-refractivity contribution in [1.29, 1.82) is 5.26 Å². The van der Waals surface area contributed by atoms with Gasteiger partial charge in [-0.25, -0.2) is 18.7 Å². The lowest BCUT2D eigenvalue weighted by atomic mass is 9.93. The molecule has 2 aromatic heterocycles. The molecule has 29 heavy (non-hydrogen) atoms. The first-order valence-corrected chi connectivity index (χ1v) is 9.00. The van der Waals surface area contributed by atoms with Crippen LogP contribution in [0, 0.1) is 23.0 Å². The normalized spacial score (nSPS) is 11.6. The van der Waals surface area contributed by atoms with E-state index < -0.39 is 11.6 Å². The number of imidazole rings is 1. The van der Waals surface area contributed by atoms with E-state index >= 15 is 0 Å². The summed E-state index contributed by atoms with van der Waals surface area (Å²) in [5.41, 5.74) is 1.79. The van der Waals surface area contributed by atoms with Crippen LogP contribution in [0.5, 0.6) is 0 Å². The fourth-order valence-corrected chi connectivity index (χ4v) is 3.10. The van der Waals surface area contributed by atoms with Gasteiger partial charge in [0.2, 0.25) is 0 Å². The van der Waals surface area contributed by atoms with Gasteiger partial charge in [0.15, 0.2) is 0 Å². The van der Waals surface area contributed by atoms with Crippen molar-refractivity contribution in [3.05, 3.63) is 71.7 Å². The number of hydrogen-bond donors (Lipinski definition) is 0. The third-order valence-electron chi connectivity index (χ3n) is 4.67. The fraction of sp³-hybridized carbons (Fsp3) is 0.182. The van der Waals surface area contributed by atoms with Crippen molar-refractivity contribution in [1.82, 2.24) is 19.6 Å². The van der Waals surface area contributed by atoms with Crippen molar-refractivity contribution in [2.75, 3.05) is 0 Å². The van der Waals surface area contributed by atoms with Crippen LogP contribution in [0.3, 0.4) is 0 Å². The Morgan fingerprint density at radius 3 is 2.55 bits per heavy atom. The first-order chi connectivity index (χ1) is 13.8. The lowest BCUT2D eigenvalue weighted by Crippen LogP contribution is -2.15. The Morgan fingerprint density at radius 2 is 1.83 bits per heavy atom. The van der Waals surface area contributed by atoms with E-state index in [1.165, 1.54) is 30.3 Å². The molecule has 0 amide bonds. The maximum absolute atomic E-state index is 14.6. The predicted octanol–water partition coefficient (Wildman–Crippen LogP) is 4.91. The van der Waals surface area contributed by atoms with E-state index in [-0.39, 0.29) is 22.1 Å². The van der Waals surface area contributed by atoms with Crippen LogP contribution < -0.4 is 0 Å². The Morgan fingerprint density at radius 1 is 1.03 bits per heavy atom. The average Bonchev–Trinajstić information content (AvgIpc) is 3.11. The molecule has 0 aliphatic heterocycles. The van der Waals surface area contributed by atoms with E-state index in [2.05, 4.69) is 15.1 Å². The molecule has 0 spiro atoms. The summed E-state index contributed by atoms with van der Waals surface area (Å²) in [7, 11) is 0. The third-order valence-corrected chi connectivity index (χ3v) is 4.67. The molecule has 2 heterocycles. The Balaban J connectivity index is 1.89. The molecule has 0 saturated carbocycles. The van der Waals surface area contributed by atoms with Gasteiger partial charge in [0.05, 0.1) is 35.4 Å². The number of nitrogens with zero attached hydrogens (tertiary/aromatic N) is 5. The van der Waals surface area contributed by atoms with E-state index in [1.807, 2.05) is 26.8 Å². The standard InChI is InChI=1S/C22H17F2N5/c1-22(2,3)19-12-27-29-18(11-26-21(29)28-19)13-7-8-16(23)15(9-13)20-14(10-25)5-4-6-17(20)24/h4-9,11-12H,1-3H3. The second-order valence-corrected chi connectivity index (χ2v) is 7.72. The molecule has 5 nitrogen and oxygen atoms in total. The summed E-state index contributed by atoms with van der Waals surface area (Å²) in [6, 6.07) is 10.3. The number of fused-ring (bicyclic) bond motifs is 1. The van der Waals surface area contributed by atoms with E-state index in [1.54, 1.807) is 23.0 Å². The molecule has 0 bridgehead atoms. The molecule has 7 heteroatoms. The summed E-state index contributed by atoms with van der Waals surface area (Å²) < 4.78 is 30.5. The van der Waals surface area contributed by atoms with Crippen LogP contribution in [0.15, 0.2) is 48.8 Å². The zero-order valence-electron chi connectivity index (χ0n) is 16.1. The van der Waals surface area contributed by atoms with Gasteiger partial charge in [-0.3, -0.25) is 0 Å². The molecule has 4 aromatic rings. The van der Waals surface area contributed by atoms with E-state index in [4.69, 9.17) is 0 Å². The van der Waals surface area contributed by atoms with Crippen LogP contribution in [0.1, 0.15) is 32.0 Å². The van der Waals surface area contributed by atoms with Crippen molar-refractivity contribution in [2.45, 2.75) is 26.2 Å². The maximum atomic E-state index is 14.6. The quantitative estimate of drug-likeness (QED) is 0.489. The van der Waals surface area contributed by atoms with E-state index in [9.17, 15) is 14.0 Å². The second-order valence-electron chi connectivity index (χ2n) is 7.72. The van der Waals surface area contributed by atoms with Crippen molar-refractivity contribution in [3.8, 4) is 28.5 Å². The molecule has 2 aromatic carbocycles. The minimum atomic E-state index is -0.659. The molecular formula is C22H17F2N5. The maximum Gasteiger partial charge on any atom is 0.251 e. The highest BCUT2D eigenvalue weighted by atomic mass is 19.1. The summed E-state index contributed by atoms with van der Waals surface area (Å²) >= 11 is 0. The van der Waals surface area contributed by atoms with E-state index in [0.717, 1.165) is 5.69 Å². The molecule has 0 atom stereocenters. The Labute approximate surface area is 166 Å². The molecule has 144 valence electrons. The predicted molar refractivity (Wildman–Crippen MR) is 105 cm³/mol. The van der Waals surface area contributed by atoms with Gasteiger partial charge >= 0.3 is 0 Å². The molecule has 0 N–H and O–H groups in total. The van der Waals surface area contributed by atoms with Gasteiger partial charge in [0.1, 0.15) is 11.6 Å². The van der Waals surface area contributed by atoms with Gasteiger partial charge in [-0.05, 0) is 30.3 Å². The van der Waals surface area contributed by atoms with Gasteiger partial charge in [-0.1, -0.05) is 26.8 Å². The molecule has 0 unspecified atom stereocenters. The molecule has 0 aliphatic rings. The highest BCUT2D eigenvalue weighted by Crippen LogP contribution is 2.33. The fourth-order valence-electron chi connectivity index (χ4n) is 3.10. The largest absolute Gasteiger partial charge is 0.251 e. The Kier molecular flexibility index (Phi) is 4.35. The highest BCUT2D eigenvalue weighted by Gasteiger charge is 2.20. The smallest absolute Gasteiger partial charge is 0.217 e. The van der Waals surface area contributed by atoms with Crippen LogP contribution in [0.4, 0.5) is 8.78 Å². The lowest BCUT2D eigenvalue weighted by Gasteiger charge is -2.16. The molecule has 0 radical (unpaired) electrons. The van der Waals surface area contributed by atoms with Crippen LogP contribution >= 0.6 is 0 Å². The van der Waals surface area contributed by atoms with Crippen molar-refractivity contribution < 1.29 is 8.78 Å². The SMILES string of the molecule is CC(C)(C)c1cnn2c(-c3ccc(F)c(-c4c(F)cccc4C#N)c3)cnc2n1. The molecule has 0 aliphatic carbocycles. The van der Waals surface area contributed by atoms with Gasteiger partial charge < -0.3 is 0 Å². The van der Waals surface area contributed by atoms with Crippen LogP contribution in [-0.4, -0.2) is 19.6 Å². The number of benzene rings is 2. The topological polar surface area (TPSA) is 66.9 Å². The van der Waals surface area contributed by atoms with E-state index in [0.29, 0.717) is 17.0 Å². The highest BCUT2D eigenvalue weighted by molar-refractivity contribution is 5.76. The number of hydrogen-bond acceptors (Lipinski definition) is 4. The monoisotopic (exact) mass is 389 g/mol. The molecule has 4 rings (SSSR count). The molecule has 0 saturated heterocycles. The van der Waals surface area contributed by atoms with Gasteiger partial charge in [0, 0.05) is 22.1 Å². The number of halogens is 2. The van der Waals surface area contributed by atoms with Crippen LogP contribution in [0.25, 0.3) is 28.2 Å². The zero-order valence-corrected chi connectivity index (χ0v) is 16.1. The van der Waals surface area contributed by atoms with Crippen molar-refractivity contribution >= 4 is 5.78 Å². The van der Waals surface area contributed by atoms with Gasteiger partial charge in [-0.15, -0.1) is 0 Å². The minimum Gasteiger partial charge on any atom is -0.217 e. The third kappa shape index (κ3) is 3.23. The molecule has 0 fully saturated rings. The number of rotatable bonds is 2. The Bertz CT molecular complexity index is 1280. The molecular weight excluding hydrogens is 372 g/mol. The minimum absolute atomic E-state index is 0.00590. The first-order valence-electron chi connectivity index (χ1n) is 9.00. The average molecular weight is 389 g/mol. The first kappa shape index (κ1) is 18.7. The zero-order chi connectivity index (χ0) is 20.8. The number of aromatic nitrogens is 4. The second kappa shape index (κ2) is 6.74. The van der Waals surface area contributed by atoms with Gasteiger partial charge in [0.25, 0.3) is 5.78 Å². The van der Waals surface area contributed by atoms with Crippen LogP contribution in [-0.2, 0) is 5.41 Å².